The van der Waals surface area contributed by atoms with Crippen molar-refractivity contribution in [2.24, 2.45) is 11.1 Å². The molecule has 0 unspecified atom stereocenters. The standard InChI is InChI=1S/C17H19N7O2S/c1-11(2)16(25)19-17-18-14(10-27-17)9-26-21-15(13-7-5-4-6-8-13)24-12(3)20-22-23-24/h4-8,10-11H,9H2,1-3H3,(H,18,19,25)/b21-15-. The maximum Gasteiger partial charge on any atom is 0.228 e. The molecule has 0 fully saturated rings. The fraction of sp³-hybridized carbons (Fsp3) is 0.294. The van der Waals surface area contributed by atoms with Gasteiger partial charge in [-0.1, -0.05) is 49.3 Å². The predicted octanol–water partition coefficient (Wildman–Crippen LogP) is 2.46. The number of thiazole rings is 1. The Morgan fingerprint density at radius 2 is 2.11 bits per heavy atom. The Hall–Kier alpha value is -3.14. The smallest absolute Gasteiger partial charge is 0.228 e. The first-order valence-corrected chi connectivity index (χ1v) is 9.18. The van der Waals surface area contributed by atoms with Gasteiger partial charge in [0.05, 0.1) is 5.69 Å². The van der Waals surface area contributed by atoms with Gasteiger partial charge >= 0.3 is 0 Å². The average molecular weight is 385 g/mol. The van der Waals surface area contributed by atoms with Gasteiger partial charge in [0.15, 0.2) is 17.6 Å². The van der Waals surface area contributed by atoms with E-state index in [0.717, 1.165) is 5.56 Å². The normalized spacial score (nSPS) is 11.6. The van der Waals surface area contributed by atoms with Gasteiger partial charge in [0.2, 0.25) is 11.7 Å². The lowest BCUT2D eigenvalue weighted by Gasteiger charge is -2.06. The van der Waals surface area contributed by atoms with Gasteiger partial charge in [0, 0.05) is 16.9 Å². The number of carbonyl (C=O) groups excluding carboxylic acids is 1. The van der Waals surface area contributed by atoms with E-state index in [4.69, 9.17) is 4.84 Å². The van der Waals surface area contributed by atoms with Crippen LogP contribution in [0.5, 0.6) is 0 Å². The summed E-state index contributed by atoms with van der Waals surface area (Å²) in [5, 5.41) is 20.8. The minimum Gasteiger partial charge on any atom is -0.387 e. The van der Waals surface area contributed by atoms with Gasteiger partial charge in [-0.2, -0.15) is 4.68 Å². The fourth-order valence-electron chi connectivity index (χ4n) is 2.07. The van der Waals surface area contributed by atoms with Crippen molar-refractivity contribution in [2.75, 3.05) is 5.32 Å². The van der Waals surface area contributed by atoms with E-state index in [1.54, 1.807) is 6.92 Å². The van der Waals surface area contributed by atoms with E-state index >= 15 is 0 Å². The van der Waals surface area contributed by atoms with E-state index in [-0.39, 0.29) is 18.4 Å². The Morgan fingerprint density at radius 3 is 2.78 bits per heavy atom. The molecule has 0 aliphatic heterocycles. The van der Waals surface area contributed by atoms with Crippen LogP contribution < -0.4 is 5.32 Å². The molecule has 10 heteroatoms. The third-order valence-corrected chi connectivity index (χ3v) is 4.33. The monoisotopic (exact) mass is 385 g/mol. The quantitative estimate of drug-likeness (QED) is 0.397. The van der Waals surface area contributed by atoms with Crippen molar-refractivity contribution in [3.63, 3.8) is 0 Å². The molecule has 0 aliphatic carbocycles. The highest BCUT2D eigenvalue weighted by molar-refractivity contribution is 7.13. The number of tetrazole rings is 1. The first-order valence-electron chi connectivity index (χ1n) is 8.30. The molecule has 1 amide bonds. The molecule has 3 rings (SSSR count). The highest BCUT2D eigenvalue weighted by Crippen LogP contribution is 2.17. The van der Waals surface area contributed by atoms with Crippen molar-refractivity contribution >= 4 is 28.2 Å². The van der Waals surface area contributed by atoms with Crippen LogP contribution in [0.15, 0.2) is 40.9 Å². The van der Waals surface area contributed by atoms with Crippen LogP contribution in [0.3, 0.4) is 0 Å². The molecular formula is C17H19N7O2S. The number of nitrogens with one attached hydrogen (secondary N) is 1. The molecule has 0 saturated carbocycles. The number of benzene rings is 1. The second-order valence-electron chi connectivity index (χ2n) is 5.98. The SMILES string of the molecule is Cc1nnnn1/C(=N\OCc1csc(NC(=O)C(C)C)n1)c1ccccc1. The topological polar surface area (TPSA) is 107 Å². The molecule has 2 aromatic heterocycles. The van der Waals surface area contributed by atoms with Crippen LogP contribution in [-0.4, -0.2) is 36.9 Å². The molecule has 140 valence electrons. The molecule has 3 aromatic rings. The lowest BCUT2D eigenvalue weighted by molar-refractivity contribution is -0.118. The molecule has 0 spiro atoms. The van der Waals surface area contributed by atoms with Crippen molar-refractivity contribution < 1.29 is 9.63 Å². The van der Waals surface area contributed by atoms with E-state index in [9.17, 15) is 4.79 Å². The second kappa shape index (κ2) is 8.49. The van der Waals surface area contributed by atoms with Crippen LogP contribution >= 0.6 is 11.3 Å². The molecule has 0 radical (unpaired) electrons. The molecular weight excluding hydrogens is 366 g/mol. The Morgan fingerprint density at radius 1 is 1.33 bits per heavy atom. The molecule has 0 aliphatic rings. The first kappa shape index (κ1) is 18.6. The van der Waals surface area contributed by atoms with Gasteiger partial charge in [-0.25, -0.2) is 4.98 Å². The number of nitrogens with zero attached hydrogens (tertiary/aromatic N) is 6. The lowest BCUT2D eigenvalue weighted by Crippen LogP contribution is -2.18. The van der Waals surface area contributed by atoms with Crippen molar-refractivity contribution in [1.29, 1.82) is 0 Å². The number of aromatic nitrogens is 5. The summed E-state index contributed by atoms with van der Waals surface area (Å²) in [5.74, 6) is 0.886. The minimum atomic E-state index is -0.105. The largest absolute Gasteiger partial charge is 0.387 e. The third-order valence-electron chi connectivity index (χ3n) is 3.53. The molecule has 0 atom stereocenters. The van der Waals surface area contributed by atoms with Crippen molar-refractivity contribution in [3.05, 3.63) is 52.8 Å². The number of hydrogen-bond donors (Lipinski definition) is 1. The molecule has 2 heterocycles. The van der Waals surface area contributed by atoms with Gasteiger partial charge in [0.1, 0.15) is 0 Å². The number of oxime groups is 1. The van der Waals surface area contributed by atoms with Crippen LogP contribution in [0, 0.1) is 12.8 Å². The van der Waals surface area contributed by atoms with Crippen LogP contribution in [0.2, 0.25) is 0 Å². The van der Waals surface area contributed by atoms with Crippen molar-refractivity contribution in [2.45, 2.75) is 27.4 Å². The Labute approximate surface area is 160 Å². The van der Waals surface area contributed by atoms with Crippen LogP contribution in [0.4, 0.5) is 5.13 Å². The second-order valence-corrected chi connectivity index (χ2v) is 6.84. The van der Waals surface area contributed by atoms with Gasteiger partial charge in [0.25, 0.3) is 0 Å². The Kier molecular flexibility index (Phi) is 5.87. The summed E-state index contributed by atoms with van der Waals surface area (Å²) in [6.07, 6.45) is 0. The predicted molar refractivity (Wildman–Crippen MR) is 101 cm³/mol. The van der Waals surface area contributed by atoms with E-state index < -0.39 is 0 Å². The zero-order chi connectivity index (χ0) is 19.2. The zero-order valence-electron chi connectivity index (χ0n) is 15.2. The lowest BCUT2D eigenvalue weighted by atomic mass is 10.2. The van der Waals surface area contributed by atoms with Gasteiger partial charge < -0.3 is 10.2 Å². The molecule has 27 heavy (non-hydrogen) atoms. The van der Waals surface area contributed by atoms with Gasteiger partial charge in [-0.05, 0) is 17.4 Å². The Bertz CT molecular complexity index is 934. The molecule has 1 N–H and O–H groups in total. The third kappa shape index (κ3) is 4.73. The molecule has 1 aromatic carbocycles. The highest BCUT2D eigenvalue weighted by Gasteiger charge is 2.13. The van der Waals surface area contributed by atoms with E-state index in [1.165, 1.54) is 16.0 Å². The molecule has 0 bridgehead atoms. The summed E-state index contributed by atoms with van der Waals surface area (Å²) in [6.45, 7) is 5.59. The van der Waals surface area contributed by atoms with Gasteiger partial charge in [-0.15, -0.1) is 16.4 Å². The number of aryl methyl sites for hydroxylation is 1. The number of amides is 1. The average Bonchev–Trinajstić information content (AvgIpc) is 3.28. The summed E-state index contributed by atoms with van der Waals surface area (Å²) in [7, 11) is 0. The zero-order valence-corrected chi connectivity index (χ0v) is 16.0. The summed E-state index contributed by atoms with van der Waals surface area (Å²) < 4.78 is 1.50. The van der Waals surface area contributed by atoms with Crippen LogP contribution in [0.25, 0.3) is 0 Å². The maximum absolute atomic E-state index is 11.7. The number of hydrogen-bond acceptors (Lipinski definition) is 8. The van der Waals surface area contributed by atoms with Crippen LogP contribution in [0.1, 0.15) is 30.9 Å². The molecule has 9 nitrogen and oxygen atoms in total. The summed E-state index contributed by atoms with van der Waals surface area (Å²) in [6, 6.07) is 9.50. The number of rotatable bonds is 6. The van der Waals surface area contributed by atoms with E-state index in [1.807, 2.05) is 49.6 Å². The van der Waals surface area contributed by atoms with Crippen LogP contribution in [-0.2, 0) is 16.2 Å². The maximum atomic E-state index is 11.7. The number of anilines is 1. The van der Waals surface area contributed by atoms with E-state index in [2.05, 4.69) is 31.0 Å². The summed E-state index contributed by atoms with van der Waals surface area (Å²) in [4.78, 5) is 21.5. The van der Waals surface area contributed by atoms with Crippen molar-refractivity contribution in [3.8, 4) is 0 Å². The fourth-order valence-corrected chi connectivity index (χ4v) is 2.77. The van der Waals surface area contributed by atoms with Gasteiger partial charge in [-0.3, -0.25) is 4.79 Å². The number of carbonyl (C=O) groups is 1. The van der Waals surface area contributed by atoms with E-state index in [0.29, 0.717) is 22.5 Å². The highest BCUT2D eigenvalue weighted by atomic mass is 32.1. The molecule has 0 saturated heterocycles. The Balaban J connectivity index is 1.72. The minimum absolute atomic E-state index is 0.0737. The van der Waals surface area contributed by atoms with Crippen molar-refractivity contribution in [1.82, 2.24) is 25.2 Å². The summed E-state index contributed by atoms with van der Waals surface area (Å²) in [5.41, 5.74) is 1.49. The summed E-state index contributed by atoms with van der Waals surface area (Å²) >= 11 is 1.34. The first-order chi connectivity index (χ1) is 13.0.